The Kier molecular flexibility index (Phi) is 5.72. The van der Waals surface area contributed by atoms with E-state index in [4.69, 9.17) is 11.6 Å². The molecule has 0 unspecified atom stereocenters. The highest BCUT2D eigenvalue weighted by Crippen LogP contribution is 2.35. The second-order valence-electron chi connectivity index (χ2n) is 5.34. The van der Waals surface area contributed by atoms with Crippen molar-refractivity contribution in [3.05, 3.63) is 23.2 Å². The fourth-order valence-electron chi connectivity index (χ4n) is 2.61. The Labute approximate surface area is 126 Å². The van der Waals surface area contributed by atoms with Gasteiger partial charge in [-0.1, -0.05) is 31.0 Å². The standard InChI is InChI=1S/C16H23ClN2O/c1-2-3-10-15(20)18-14-9-7-8-13(17)16(14)19-11-5-4-6-12-19/h7-9H,2-6,10-12H2,1H3,(H,18,20). The van der Waals surface area contributed by atoms with Gasteiger partial charge < -0.3 is 10.2 Å². The number of nitrogens with zero attached hydrogens (tertiary/aromatic N) is 1. The van der Waals surface area contributed by atoms with Gasteiger partial charge in [0.05, 0.1) is 16.4 Å². The molecule has 1 heterocycles. The minimum absolute atomic E-state index is 0.0763. The number of rotatable bonds is 5. The highest BCUT2D eigenvalue weighted by atomic mass is 35.5. The Bertz CT molecular complexity index is 456. The van der Waals surface area contributed by atoms with Crippen molar-refractivity contribution in [2.75, 3.05) is 23.3 Å². The number of carbonyl (C=O) groups excluding carboxylic acids is 1. The molecule has 1 saturated heterocycles. The van der Waals surface area contributed by atoms with Crippen molar-refractivity contribution in [2.24, 2.45) is 0 Å². The van der Waals surface area contributed by atoms with Gasteiger partial charge in [-0.3, -0.25) is 4.79 Å². The Balaban J connectivity index is 2.15. The van der Waals surface area contributed by atoms with Gasteiger partial charge in [0.25, 0.3) is 0 Å². The first-order valence-electron chi connectivity index (χ1n) is 7.55. The van der Waals surface area contributed by atoms with Gasteiger partial charge in [0.15, 0.2) is 0 Å². The van der Waals surface area contributed by atoms with Gasteiger partial charge in [-0.15, -0.1) is 0 Å². The molecule has 1 N–H and O–H groups in total. The number of piperidine rings is 1. The molecule has 0 saturated carbocycles. The van der Waals surface area contributed by atoms with E-state index in [1.54, 1.807) is 0 Å². The van der Waals surface area contributed by atoms with Crippen molar-refractivity contribution < 1.29 is 4.79 Å². The Hall–Kier alpha value is -1.22. The molecule has 0 aliphatic carbocycles. The van der Waals surface area contributed by atoms with E-state index in [1.807, 2.05) is 18.2 Å². The molecule has 1 amide bonds. The maximum atomic E-state index is 11.9. The molecule has 0 bridgehead atoms. The fraction of sp³-hybridized carbons (Fsp3) is 0.562. The monoisotopic (exact) mass is 294 g/mol. The summed E-state index contributed by atoms with van der Waals surface area (Å²) in [6.07, 6.45) is 6.18. The second kappa shape index (κ2) is 7.53. The van der Waals surface area contributed by atoms with E-state index in [9.17, 15) is 4.79 Å². The third-order valence-electron chi connectivity index (χ3n) is 3.69. The molecule has 1 aliphatic heterocycles. The van der Waals surface area contributed by atoms with E-state index in [0.29, 0.717) is 6.42 Å². The first kappa shape index (κ1) is 15.2. The molecule has 20 heavy (non-hydrogen) atoms. The van der Waals surface area contributed by atoms with E-state index in [-0.39, 0.29) is 5.91 Å². The molecule has 1 aliphatic rings. The van der Waals surface area contributed by atoms with Crippen LogP contribution in [-0.4, -0.2) is 19.0 Å². The number of amides is 1. The molecule has 2 rings (SSSR count). The summed E-state index contributed by atoms with van der Waals surface area (Å²) in [5.41, 5.74) is 1.83. The molecular weight excluding hydrogens is 272 g/mol. The molecule has 0 radical (unpaired) electrons. The van der Waals surface area contributed by atoms with E-state index in [1.165, 1.54) is 19.3 Å². The number of hydrogen-bond donors (Lipinski definition) is 1. The highest BCUT2D eigenvalue weighted by molar-refractivity contribution is 6.34. The van der Waals surface area contributed by atoms with Crippen LogP contribution in [0.5, 0.6) is 0 Å². The van der Waals surface area contributed by atoms with Gasteiger partial charge in [0.1, 0.15) is 0 Å². The summed E-state index contributed by atoms with van der Waals surface area (Å²) in [6, 6.07) is 5.73. The summed E-state index contributed by atoms with van der Waals surface area (Å²) in [5.74, 6) is 0.0763. The van der Waals surface area contributed by atoms with Crippen LogP contribution in [-0.2, 0) is 4.79 Å². The van der Waals surface area contributed by atoms with Gasteiger partial charge in [0.2, 0.25) is 5.91 Å². The van der Waals surface area contributed by atoms with E-state index < -0.39 is 0 Å². The normalized spacial score (nSPS) is 15.2. The molecule has 110 valence electrons. The number of anilines is 2. The number of para-hydroxylation sites is 1. The molecule has 1 aromatic carbocycles. The lowest BCUT2D eigenvalue weighted by atomic mass is 10.1. The van der Waals surface area contributed by atoms with Gasteiger partial charge >= 0.3 is 0 Å². The predicted octanol–water partition coefficient (Wildman–Crippen LogP) is 4.46. The van der Waals surface area contributed by atoms with E-state index in [0.717, 1.165) is 42.3 Å². The predicted molar refractivity (Wildman–Crippen MR) is 85.7 cm³/mol. The number of halogens is 1. The minimum atomic E-state index is 0.0763. The maximum Gasteiger partial charge on any atom is 0.224 e. The SMILES string of the molecule is CCCCC(=O)Nc1cccc(Cl)c1N1CCCCC1. The average molecular weight is 295 g/mol. The molecule has 0 spiro atoms. The van der Waals surface area contributed by atoms with Crippen molar-refractivity contribution in [1.82, 2.24) is 0 Å². The van der Waals surface area contributed by atoms with Crippen molar-refractivity contribution in [3.63, 3.8) is 0 Å². The van der Waals surface area contributed by atoms with Gasteiger partial charge in [-0.25, -0.2) is 0 Å². The van der Waals surface area contributed by atoms with Crippen molar-refractivity contribution in [1.29, 1.82) is 0 Å². The zero-order chi connectivity index (χ0) is 14.4. The topological polar surface area (TPSA) is 32.3 Å². The second-order valence-corrected chi connectivity index (χ2v) is 5.74. The van der Waals surface area contributed by atoms with Crippen molar-refractivity contribution in [3.8, 4) is 0 Å². The minimum Gasteiger partial charge on any atom is -0.369 e. The first-order chi connectivity index (χ1) is 9.72. The third kappa shape index (κ3) is 3.89. The number of carbonyl (C=O) groups is 1. The maximum absolute atomic E-state index is 11.9. The van der Waals surface area contributed by atoms with Crippen LogP contribution < -0.4 is 10.2 Å². The Morgan fingerprint density at radius 2 is 2.05 bits per heavy atom. The smallest absolute Gasteiger partial charge is 0.224 e. The van der Waals surface area contributed by atoms with Crippen LogP contribution in [0.15, 0.2) is 18.2 Å². The van der Waals surface area contributed by atoms with Gasteiger partial charge in [-0.2, -0.15) is 0 Å². The average Bonchev–Trinajstić information content (AvgIpc) is 2.46. The van der Waals surface area contributed by atoms with E-state index in [2.05, 4.69) is 17.1 Å². The lowest BCUT2D eigenvalue weighted by Crippen LogP contribution is -2.30. The molecule has 1 fully saturated rings. The van der Waals surface area contributed by atoms with Crippen molar-refractivity contribution in [2.45, 2.75) is 45.4 Å². The lowest BCUT2D eigenvalue weighted by Gasteiger charge is -2.31. The van der Waals surface area contributed by atoms with Crippen LogP contribution in [0.2, 0.25) is 5.02 Å². The summed E-state index contributed by atoms with van der Waals surface area (Å²) in [6.45, 7) is 4.12. The number of unbranched alkanes of at least 4 members (excludes halogenated alkanes) is 1. The zero-order valence-electron chi connectivity index (χ0n) is 12.1. The van der Waals surface area contributed by atoms with E-state index >= 15 is 0 Å². The molecule has 3 nitrogen and oxygen atoms in total. The highest BCUT2D eigenvalue weighted by Gasteiger charge is 2.18. The summed E-state index contributed by atoms with van der Waals surface area (Å²) in [4.78, 5) is 14.2. The third-order valence-corrected chi connectivity index (χ3v) is 4.00. The molecule has 1 aromatic rings. The van der Waals surface area contributed by atoms with Crippen LogP contribution in [0, 0.1) is 0 Å². The molecular formula is C16H23ClN2O. The van der Waals surface area contributed by atoms with Crippen LogP contribution in [0.25, 0.3) is 0 Å². The number of benzene rings is 1. The molecule has 0 aromatic heterocycles. The molecule has 0 atom stereocenters. The zero-order valence-corrected chi connectivity index (χ0v) is 12.9. The van der Waals surface area contributed by atoms with Crippen LogP contribution >= 0.6 is 11.6 Å². The molecule has 4 heteroatoms. The summed E-state index contributed by atoms with van der Waals surface area (Å²) in [5, 5.41) is 3.74. The largest absolute Gasteiger partial charge is 0.369 e. The summed E-state index contributed by atoms with van der Waals surface area (Å²) in [7, 11) is 0. The van der Waals surface area contributed by atoms with Crippen LogP contribution in [0.3, 0.4) is 0 Å². The number of nitrogens with one attached hydrogen (secondary N) is 1. The first-order valence-corrected chi connectivity index (χ1v) is 7.93. The van der Waals surface area contributed by atoms with Crippen LogP contribution in [0.4, 0.5) is 11.4 Å². The van der Waals surface area contributed by atoms with Gasteiger partial charge in [0, 0.05) is 19.5 Å². The fourth-order valence-corrected chi connectivity index (χ4v) is 2.90. The summed E-state index contributed by atoms with van der Waals surface area (Å²) < 4.78 is 0. The van der Waals surface area contributed by atoms with Gasteiger partial charge in [-0.05, 0) is 37.8 Å². The Morgan fingerprint density at radius 3 is 2.75 bits per heavy atom. The summed E-state index contributed by atoms with van der Waals surface area (Å²) >= 11 is 6.36. The van der Waals surface area contributed by atoms with Crippen LogP contribution in [0.1, 0.15) is 45.4 Å². The van der Waals surface area contributed by atoms with Crippen molar-refractivity contribution >= 4 is 28.9 Å². The lowest BCUT2D eigenvalue weighted by molar-refractivity contribution is -0.116. The Morgan fingerprint density at radius 1 is 1.30 bits per heavy atom. The quantitative estimate of drug-likeness (QED) is 0.869. The number of hydrogen-bond acceptors (Lipinski definition) is 2.